The Morgan fingerprint density at radius 2 is 1.19 bits per heavy atom. The molecule has 0 radical (unpaired) electrons. The molecule has 0 N–H and O–H groups in total. The summed E-state index contributed by atoms with van der Waals surface area (Å²) >= 11 is -0.719. The minimum absolute atomic E-state index is 0. The Balaban J connectivity index is 0.00000171. The number of benzene rings is 2. The molecule has 0 spiro atoms. The maximum absolute atomic E-state index is 2.54. The number of aryl methyl sites for hydroxylation is 2. The third-order valence-corrected chi connectivity index (χ3v) is 10.5. The van der Waals surface area contributed by atoms with E-state index in [4.69, 9.17) is 0 Å². The molecule has 2 aromatic rings. The molecule has 0 unspecified atom stereocenters. The molecule has 0 saturated heterocycles. The van der Waals surface area contributed by atoms with Crippen LogP contribution in [0.3, 0.4) is 0 Å². The maximum atomic E-state index is 2.54. The summed E-state index contributed by atoms with van der Waals surface area (Å²) in [6.07, 6.45) is 8.17. The van der Waals surface area contributed by atoms with E-state index >= 15 is 0 Å². The Kier molecular flexibility index (Phi) is 8.01. The zero-order valence-electron chi connectivity index (χ0n) is 20.1. The second-order valence-corrected chi connectivity index (χ2v) is 14.6. The van der Waals surface area contributed by atoms with E-state index in [0.29, 0.717) is 3.63 Å². The Hall–Kier alpha value is -0.617. The Labute approximate surface area is 213 Å². The van der Waals surface area contributed by atoms with Crippen LogP contribution in [0.5, 0.6) is 0 Å². The van der Waals surface area contributed by atoms with Gasteiger partial charge in [0, 0.05) is 0 Å². The molecule has 164 valence electrons. The van der Waals surface area contributed by atoms with E-state index in [1.165, 1.54) is 39.8 Å². The summed E-state index contributed by atoms with van der Waals surface area (Å²) in [5.41, 5.74) is 12.5. The minimum atomic E-state index is -0.719. The van der Waals surface area contributed by atoms with Gasteiger partial charge in [-0.05, 0) is 0 Å². The molecule has 2 aliphatic carbocycles. The second-order valence-electron chi connectivity index (χ2n) is 10.9. The first-order valence-corrected chi connectivity index (χ1v) is 13.5. The first kappa shape index (κ1) is 26.6. The maximum Gasteiger partial charge on any atom is -1.00 e. The van der Waals surface area contributed by atoms with Crippen molar-refractivity contribution >= 4 is 0 Å². The van der Waals surface area contributed by atoms with E-state index in [0.717, 1.165) is 0 Å². The van der Waals surface area contributed by atoms with Crippen molar-refractivity contribution in [3.8, 4) is 11.1 Å². The summed E-state index contributed by atoms with van der Waals surface area (Å²) in [5, 5.41) is 0. The van der Waals surface area contributed by atoms with Gasteiger partial charge in [-0.3, -0.25) is 0 Å². The van der Waals surface area contributed by atoms with Crippen molar-refractivity contribution in [1.29, 1.82) is 0 Å². The number of rotatable bonds is 2. The van der Waals surface area contributed by atoms with Crippen LogP contribution in [0, 0.1) is 13.8 Å². The summed E-state index contributed by atoms with van der Waals surface area (Å²) in [5.74, 6) is 0. The van der Waals surface area contributed by atoms with Crippen LogP contribution in [0.15, 0.2) is 45.8 Å². The van der Waals surface area contributed by atoms with Crippen LogP contribution in [0.2, 0.25) is 0 Å². The van der Waals surface area contributed by atoms with Gasteiger partial charge in [-0.1, -0.05) is 0 Å². The Morgan fingerprint density at radius 3 is 1.55 bits per heavy atom. The van der Waals surface area contributed by atoms with Crippen LogP contribution in [-0.4, -0.2) is 0 Å². The normalized spacial score (nSPS) is 14.9. The largest absolute Gasteiger partial charge is 1.00 e. The molecule has 3 heteroatoms. The predicted molar refractivity (Wildman–Crippen MR) is 122 cm³/mol. The first-order chi connectivity index (χ1) is 13.5. The van der Waals surface area contributed by atoms with Crippen molar-refractivity contribution in [2.24, 2.45) is 0 Å². The summed E-state index contributed by atoms with van der Waals surface area (Å²) < 4.78 is 2.38. The van der Waals surface area contributed by atoms with E-state index < -0.39 is 23.2 Å². The number of hydrogen-bond acceptors (Lipinski definition) is 0. The van der Waals surface area contributed by atoms with Crippen molar-refractivity contribution in [3.63, 3.8) is 0 Å². The monoisotopic (exact) mass is 530 g/mol. The summed E-state index contributed by atoms with van der Waals surface area (Å²) in [6, 6.07) is 10.1. The quantitative estimate of drug-likeness (QED) is 0.555. The van der Waals surface area contributed by atoms with Gasteiger partial charge in [0.25, 0.3) is 0 Å². The molecule has 0 aliphatic heterocycles. The SMILES string of the molecule is Cc1cc2c(cc1C(C)(C)C)-c1cc(C(C)(C)C)c(C)cc1[CH]2[Zr+2][C]1=CC=CC1.[Cl-].[Cl-]. The van der Waals surface area contributed by atoms with Crippen LogP contribution in [0.4, 0.5) is 0 Å². The van der Waals surface area contributed by atoms with Gasteiger partial charge >= 0.3 is 190 Å². The topological polar surface area (TPSA) is 0 Å². The number of allylic oxidation sites excluding steroid dienone is 4. The van der Waals surface area contributed by atoms with Gasteiger partial charge in [0.15, 0.2) is 0 Å². The van der Waals surface area contributed by atoms with Gasteiger partial charge in [-0.2, -0.15) is 0 Å². The molecule has 0 fully saturated rings. The van der Waals surface area contributed by atoms with E-state index in [-0.39, 0.29) is 35.6 Å². The predicted octanol–water partition coefficient (Wildman–Crippen LogP) is 1.90. The van der Waals surface area contributed by atoms with Crippen LogP contribution in [-0.2, 0) is 34.1 Å². The fourth-order valence-electron chi connectivity index (χ4n) is 5.08. The van der Waals surface area contributed by atoms with Crippen LogP contribution >= 0.6 is 0 Å². The first-order valence-electron chi connectivity index (χ1n) is 10.9. The minimum Gasteiger partial charge on any atom is -1.00 e. The molecule has 0 atom stereocenters. The molecule has 0 nitrogen and oxygen atoms in total. The van der Waals surface area contributed by atoms with Gasteiger partial charge in [-0.15, -0.1) is 0 Å². The van der Waals surface area contributed by atoms with E-state index in [1.807, 2.05) is 0 Å². The smallest absolute Gasteiger partial charge is 1.00 e. The number of fused-ring (bicyclic) bond motifs is 3. The van der Waals surface area contributed by atoms with Crippen molar-refractivity contribution in [3.05, 3.63) is 79.2 Å². The van der Waals surface area contributed by atoms with E-state index in [9.17, 15) is 0 Å². The van der Waals surface area contributed by atoms with Gasteiger partial charge in [0.1, 0.15) is 0 Å². The summed E-state index contributed by atoms with van der Waals surface area (Å²) in [4.78, 5) is 0. The molecule has 2 aromatic carbocycles. The third-order valence-electron chi connectivity index (χ3n) is 6.42. The summed E-state index contributed by atoms with van der Waals surface area (Å²) in [6.45, 7) is 18.7. The van der Waals surface area contributed by atoms with Gasteiger partial charge < -0.3 is 24.8 Å². The number of hydrogen-bond donors (Lipinski definition) is 0. The molecule has 0 heterocycles. The van der Waals surface area contributed by atoms with Crippen LogP contribution < -0.4 is 24.8 Å². The molecule has 0 bridgehead atoms. The van der Waals surface area contributed by atoms with E-state index in [2.05, 4.69) is 97.9 Å². The summed E-state index contributed by atoms with van der Waals surface area (Å²) in [7, 11) is 0. The standard InChI is InChI=1S/C23H29.C5H5.2ClH.Zr/c1-14-9-16-11-17-10-15(2)21(23(6,7)8)13-19(17)18(16)12-20(14)22(3,4)5;1-2-4-5-3-1;;;/h9-13H,1-8H3;1-3H,4H2;2*1H;/q;;;;+2/p-2. The van der Waals surface area contributed by atoms with Crippen molar-refractivity contribution in [1.82, 2.24) is 0 Å². The van der Waals surface area contributed by atoms with E-state index in [1.54, 1.807) is 14.4 Å². The Bertz CT molecular complexity index is 977. The fourth-order valence-corrected chi connectivity index (χ4v) is 8.99. The number of halogens is 2. The van der Waals surface area contributed by atoms with Crippen LogP contribution in [0.25, 0.3) is 11.1 Å². The van der Waals surface area contributed by atoms with Crippen LogP contribution in [0.1, 0.15) is 85.0 Å². The molecule has 2 aliphatic rings. The van der Waals surface area contributed by atoms with Gasteiger partial charge in [0.05, 0.1) is 0 Å². The van der Waals surface area contributed by atoms with Gasteiger partial charge in [0.2, 0.25) is 0 Å². The molecule has 0 amide bonds. The molecule has 0 aromatic heterocycles. The Morgan fingerprint density at radius 1 is 0.742 bits per heavy atom. The molecular weight excluding hydrogens is 498 g/mol. The van der Waals surface area contributed by atoms with Gasteiger partial charge in [-0.25, -0.2) is 0 Å². The van der Waals surface area contributed by atoms with Crippen molar-refractivity contribution in [2.75, 3.05) is 0 Å². The average Bonchev–Trinajstić information content (AvgIpc) is 3.19. The zero-order valence-corrected chi connectivity index (χ0v) is 24.1. The molecule has 4 rings (SSSR count). The molecule has 0 saturated carbocycles. The molecule has 31 heavy (non-hydrogen) atoms. The van der Waals surface area contributed by atoms with Crippen molar-refractivity contribution < 1.29 is 48.0 Å². The fraction of sp³-hybridized carbons (Fsp3) is 0.429. The molecular formula is C28H34Cl2Zr. The average molecular weight is 533 g/mol. The van der Waals surface area contributed by atoms with Crippen molar-refractivity contribution in [2.45, 2.75) is 76.3 Å². The second kappa shape index (κ2) is 9.32. The third kappa shape index (κ3) is 5.00. The zero-order chi connectivity index (χ0) is 21.1.